The molecule has 1 aromatic rings. The molecule has 1 aromatic carbocycles. The molecular weight excluding hydrogens is 250 g/mol. The third-order valence-corrected chi connectivity index (χ3v) is 3.92. The van der Waals surface area contributed by atoms with Gasteiger partial charge in [-0.2, -0.15) is 0 Å². The van der Waals surface area contributed by atoms with E-state index in [1.165, 1.54) is 5.56 Å². The van der Waals surface area contributed by atoms with Crippen LogP contribution in [0.4, 0.5) is 0 Å². The number of benzene rings is 1. The number of primary amides is 1. The van der Waals surface area contributed by atoms with E-state index in [4.69, 9.17) is 5.73 Å². The second kappa shape index (κ2) is 6.37. The minimum absolute atomic E-state index is 0.228. The Bertz CT molecular complexity index is 446. The maximum atomic E-state index is 11.9. The maximum absolute atomic E-state index is 11.9. The lowest BCUT2D eigenvalue weighted by atomic mass is 9.97. The van der Waals surface area contributed by atoms with Crippen molar-refractivity contribution < 1.29 is 4.79 Å². The van der Waals surface area contributed by atoms with Gasteiger partial charge in [-0.15, -0.1) is 0 Å². The first-order chi connectivity index (χ1) is 9.52. The summed E-state index contributed by atoms with van der Waals surface area (Å²) in [5.74, 6) is 0.281. The van der Waals surface area contributed by atoms with Crippen LogP contribution in [-0.2, 0) is 11.3 Å². The number of hydrogen-bond donors (Lipinski definition) is 2. The summed E-state index contributed by atoms with van der Waals surface area (Å²) < 4.78 is 0. The number of amides is 1. The van der Waals surface area contributed by atoms with Gasteiger partial charge in [0, 0.05) is 19.6 Å². The number of hydrogen-bond acceptors (Lipinski definition) is 3. The van der Waals surface area contributed by atoms with Gasteiger partial charge in [0.05, 0.1) is 0 Å². The third-order valence-electron chi connectivity index (χ3n) is 3.92. The molecule has 0 aromatic heterocycles. The van der Waals surface area contributed by atoms with Crippen molar-refractivity contribution in [2.45, 2.75) is 32.4 Å². The summed E-state index contributed by atoms with van der Waals surface area (Å²) in [6, 6.07) is 10.3. The number of carbonyl (C=O) groups excluding carboxylic acids is 1. The molecule has 0 radical (unpaired) electrons. The Labute approximate surface area is 121 Å². The van der Waals surface area contributed by atoms with Crippen LogP contribution in [0.25, 0.3) is 0 Å². The van der Waals surface area contributed by atoms with Gasteiger partial charge in [-0.25, -0.2) is 0 Å². The summed E-state index contributed by atoms with van der Waals surface area (Å²) in [6.07, 6.45) is 0.794. The van der Waals surface area contributed by atoms with Crippen molar-refractivity contribution >= 4 is 5.91 Å². The van der Waals surface area contributed by atoms with Gasteiger partial charge in [0.25, 0.3) is 0 Å². The van der Waals surface area contributed by atoms with Crippen LogP contribution >= 0.6 is 0 Å². The highest BCUT2D eigenvalue weighted by Gasteiger charge is 2.42. The van der Waals surface area contributed by atoms with Crippen molar-refractivity contribution in [2.75, 3.05) is 19.6 Å². The zero-order valence-electron chi connectivity index (χ0n) is 12.4. The van der Waals surface area contributed by atoms with E-state index in [0.717, 1.165) is 26.1 Å². The zero-order chi connectivity index (χ0) is 14.6. The van der Waals surface area contributed by atoms with E-state index in [2.05, 4.69) is 36.2 Å². The molecule has 1 unspecified atom stereocenters. The first-order valence-electron chi connectivity index (χ1n) is 7.33. The van der Waals surface area contributed by atoms with E-state index in [9.17, 15) is 4.79 Å². The Balaban J connectivity index is 1.98. The predicted octanol–water partition coefficient (Wildman–Crippen LogP) is 1.36. The monoisotopic (exact) mass is 275 g/mol. The summed E-state index contributed by atoms with van der Waals surface area (Å²) in [6.45, 7) is 7.57. The summed E-state index contributed by atoms with van der Waals surface area (Å²) in [7, 11) is 0. The smallest absolute Gasteiger partial charge is 0.239 e. The van der Waals surface area contributed by atoms with Gasteiger partial charge in [0.2, 0.25) is 5.91 Å². The van der Waals surface area contributed by atoms with Gasteiger partial charge >= 0.3 is 0 Å². The van der Waals surface area contributed by atoms with Crippen molar-refractivity contribution in [1.82, 2.24) is 10.2 Å². The SMILES string of the molecule is CC(C)CNC1(C(N)=O)CCN(Cc2ccccc2)C1. The zero-order valence-corrected chi connectivity index (χ0v) is 12.4. The van der Waals surface area contributed by atoms with Crippen molar-refractivity contribution in [3.05, 3.63) is 35.9 Å². The van der Waals surface area contributed by atoms with E-state index >= 15 is 0 Å². The van der Waals surface area contributed by atoms with E-state index in [0.29, 0.717) is 12.5 Å². The fraction of sp³-hybridized carbons (Fsp3) is 0.562. The molecule has 0 saturated carbocycles. The van der Waals surface area contributed by atoms with E-state index in [1.807, 2.05) is 18.2 Å². The number of rotatable bonds is 6. The molecule has 4 nitrogen and oxygen atoms in total. The topological polar surface area (TPSA) is 58.4 Å². The molecule has 3 N–H and O–H groups in total. The van der Waals surface area contributed by atoms with Crippen molar-refractivity contribution in [1.29, 1.82) is 0 Å². The molecule has 110 valence electrons. The molecule has 20 heavy (non-hydrogen) atoms. The fourth-order valence-corrected chi connectivity index (χ4v) is 2.70. The predicted molar refractivity (Wildman–Crippen MR) is 81.1 cm³/mol. The van der Waals surface area contributed by atoms with Crippen molar-refractivity contribution in [2.24, 2.45) is 11.7 Å². The molecule has 1 aliphatic rings. The quantitative estimate of drug-likeness (QED) is 0.824. The van der Waals surface area contributed by atoms with Gasteiger partial charge < -0.3 is 11.1 Å². The van der Waals surface area contributed by atoms with Crippen LogP contribution in [0.3, 0.4) is 0 Å². The van der Waals surface area contributed by atoms with Crippen LogP contribution in [0.1, 0.15) is 25.8 Å². The first kappa shape index (κ1) is 15.0. The Morgan fingerprint density at radius 3 is 2.70 bits per heavy atom. The average Bonchev–Trinajstić information content (AvgIpc) is 2.82. The van der Waals surface area contributed by atoms with E-state index in [-0.39, 0.29) is 5.91 Å². The van der Waals surface area contributed by atoms with Gasteiger partial charge in [0.15, 0.2) is 0 Å². The highest BCUT2D eigenvalue weighted by molar-refractivity contribution is 5.85. The van der Waals surface area contributed by atoms with Gasteiger partial charge in [-0.3, -0.25) is 9.69 Å². The molecule has 1 amide bonds. The van der Waals surface area contributed by atoms with Crippen LogP contribution in [0.15, 0.2) is 30.3 Å². The molecule has 0 bridgehead atoms. The summed E-state index contributed by atoms with van der Waals surface area (Å²) in [5, 5.41) is 3.39. The summed E-state index contributed by atoms with van der Waals surface area (Å²) >= 11 is 0. The number of likely N-dealkylation sites (tertiary alicyclic amines) is 1. The van der Waals surface area contributed by atoms with Gasteiger partial charge in [0.1, 0.15) is 5.54 Å². The second-order valence-electron chi connectivity index (χ2n) is 6.17. The highest BCUT2D eigenvalue weighted by Crippen LogP contribution is 2.23. The van der Waals surface area contributed by atoms with Crippen LogP contribution in [0.5, 0.6) is 0 Å². The standard InChI is InChI=1S/C16H25N3O/c1-13(2)10-18-16(15(17)20)8-9-19(12-16)11-14-6-4-3-5-7-14/h3-7,13,18H,8-12H2,1-2H3,(H2,17,20). The number of nitrogens with one attached hydrogen (secondary N) is 1. The number of nitrogens with zero attached hydrogens (tertiary/aromatic N) is 1. The molecule has 1 heterocycles. The molecule has 0 aliphatic carbocycles. The minimum atomic E-state index is -0.556. The first-order valence-corrected chi connectivity index (χ1v) is 7.33. The van der Waals surface area contributed by atoms with Gasteiger partial charge in [-0.1, -0.05) is 44.2 Å². The van der Waals surface area contributed by atoms with Gasteiger partial charge in [-0.05, 0) is 24.4 Å². The summed E-state index contributed by atoms with van der Waals surface area (Å²) in [5.41, 5.74) is 6.36. The van der Waals surface area contributed by atoms with Crippen LogP contribution < -0.4 is 11.1 Å². The Hall–Kier alpha value is -1.39. The molecule has 0 spiro atoms. The maximum Gasteiger partial charge on any atom is 0.239 e. The van der Waals surface area contributed by atoms with E-state index < -0.39 is 5.54 Å². The Kier molecular flexibility index (Phi) is 4.78. The lowest BCUT2D eigenvalue weighted by molar-refractivity contribution is -0.124. The molecule has 4 heteroatoms. The van der Waals surface area contributed by atoms with Crippen LogP contribution in [-0.4, -0.2) is 36.0 Å². The van der Waals surface area contributed by atoms with Crippen molar-refractivity contribution in [3.63, 3.8) is 0 Å². The largest absolute Gasteiger partial charge is 0.368 e. The normalized spacial score (nSPS) is 23.4. The molecular formula is C16H25N3O. The Morgan fingerprint density at radius 1 is 1.40 bits per heavy atom. The molecule has 1 fully saturated rings. The second-order valence-corrected chi connectivity index (χ2v) is 6.17. The average molecular weight is 275 g/mol. The van der Waals surface area contributed by atoms with Crippen molar-refractivity contribution in [3.8, 4) is 0 Å². The molecule has 1 saturated heterocycles. The molecule has 1 atom stereocenters. The van der Waals surface area contributed by atoms with Crippen LogP contribution in [0, 0.1) is 5.92 Å². The lowest BCUT2D eigenvalue weighted by Gasteiger charge is -2.28. The van der Waals surface area contributed by atoms with E-state index in [1.54, 1.807) is 0 Å². The third kappa shape index (κ3) is 3.58. The molecule has 1 aliphatic heterocycles. The highest BCUT2D eigenvalue weighted by atomic mass is 16.1. The fourth-order valence-electron chi connectivity index (χ4n) is 2.70. The summed E-state index contributed by atoms with van der Waals surface area (Å²) in [4.78, 5) is 14.2. The molecule has 2 rings (SSSR count). The number of carbonyl (C=O) groups is 1. The van der Waals surface area contributed by atoms with Crippen LogP contribution in [0.2, 0.25) is 0 Å². The minimum Gasteiger partial charge on any atom is -0.368 e. The number of nitrogens with two attached hydrogens (primary N) is 1. The lowest BCUT2D eigenvalue weighted by Crippen LogP contribution is -2.57. The Morgan fingerprint density at radius 2 is 2.10 bits per heavy atom.